The van der Waals surface area contributed by atoms with E-state index in [1.165, 1.54) is 42.5 Å². The minimum absolute atomic E-state index is 0.0714. The fourth-order valence-corrected chi connectivity index (χ4v) is 4.75. The molecule has 1 amide bonds. The zero-order chi connectivity index (χ0) is 21.3. The number of carbonyl (C=O) groups is 1. The minimum Gasteiger partial charge on any atom is -0.476 e. The van der Waals surface area contributed by atoms with Crippen LogP contribution >= 0.6 is 11.6 Å². The molecule has 0 aliphatic carbocycles. The van der Waals surface area contributed by atoms with Gasteiger partial charge in [-0.15, -0.1) is 0 Å². The third-order valence-corrected chi connectivity index (χ3v) is 6.54. The summed E-state index contributed by atoms with van der Waals surface area (Å²) >= 11 is 6.07. The summed E-state index contributed by atoms with van der Waals surface area (Å²) in [6.07, 6.45) is -1.15. The quantitative estimate of drug-likeness (QED) is 0.655. The molecule has 4 rings (SSSR count). The molecule has 1 aliphatic rings. The number of amides is 1. The van der Waals surface area contributed by atoms with E-state index >= 15 is 0 Å². The number of ether oxygens (including phenoxy) is 1. The van der Waals surface area contributed by atoms with Crippen molar-refractivity contribution in [2.45, 2.75) is 11.0 Å². The molecule has 0 radical (unpaired) electrons. The Kier molecular flexibility index (Phi) is 5.36. The molecule has 6 nitrogen and oxygen atoms in total. The van der Waals surface area contributed by atoms with Gasteiger partial charge >= 0.3 is 0 Å². The van der Waals surface area contributed by atoms with Gasteiger partial charge in [-0.05, 0) is 48.5 Å². The second-order valence-corrected chi connectivity index (χ2v) is 8.87. The van der Waals surface area contributed by atoms with Gasteiger partial charge in [0, 0.05) is 10.7 Å². The standard InChI is InChI=1S/C21H16ClFN2O4S/c22-14-9-10-19-18(11-14)25(30(27,28)17-7-2-1-3-8-17)13-20(29-19)21(26)24-16-6-4-5-15(23)12-16/h1-12,20H,13H2,(H,24,26)/t20-/m0/s1. The van der Waals surface area contributed by atoms with E-state index in [9.17, 15) is 17.6 Å². The molecule has 9 heteroatoms. The predicted octanol–water partition coefficient (Wildman–Crippen LogP) is 4.07. The van der Waals surface area contributed by atoms with Gasteiger partial charge in [0.25, 0.3) is 15.9 Å². The first-order valence-electron chi connectivity index (χ1n) is 8.95. The van der Waals surface area contributed by atoms with Crippen molar-refractivity contribution in [2.75, 3.05) is 16.2 Å². The van der Waals surface area contributed by atoms with Crippen molar-refractivity contribution in [2.24, 2.45) is 0 Å². The third-order valence-electron chi connectivity index (χ3n) is 4.51. The van der Waals surface area contributed by atoms with Gasteiger partial charge in [0.05, 0.1) is 17.1 Å². The molecule has 3 aromatic carbocycles. The summed E-state index contributed by atoms with van der Waals surface area (Å²) in [7, 11) is -3.98. The van der Waals surface area contributed by atoms with Crippen molar-refractivity contribution in [1.82, 2.24) is 0 Å². The summed E-state index contributed by atoms with van der Waals surface area (Å²) in [5, 5.41) is 2.88. The van der Waals surface area contributed by atoms with Gasteiger partial charge in [-0.3, -0.25) is 9.10 Å². The number of fused-ring (bicyclic) bond motifs is 1. The van der Waals surface area contributed by atoms with Crippen LogP contribution in [0.15, 0.2) is 77.7 Å². The van der Waals surface area contributed by atoms with E-state index in [2.05, 4.69) is 5.32 Å². The number of benzene rings is 3. The average Bonchev–Trinajstić information content (AvgIpc) is 2.73. The molecule has 0 fully saturated rings. The van der Waals surface area contributed by atoms with Gasteiger partial charge in [0.1, 0.15) is 11.6 Å². The van der Waals surface area contributed by atoms with Crippen molar-refractivity contribution in [3.63, 3.8) is 0 Å². The monoisotopic (exact) mass is 446 g/mol. The van der Waals surface area contributed by atoms with E-state index in [0.717, 1.165) is 10.4 Å². The van der Waals surface area contributed by atoms with Gasteiger partial charge in [-0.1, -0.05) is 35.9 Å². The Hall–Kier alpha value is -3.10. The fraction of sp³-hybridized carbons (Fsp3) is 0.0952. The lowest BCUT2D eigenvalue weighted by Gasteiger charge is -2.34. The lowest BCUT2D eigenvalue weighted by Crippen LogP contribution is -2.48. The predicted molar refractivity (Wildman–Crippen MR) is 112 cm³/mol. The number of rotatable bonds is 4. The van der Waals surface area contributed by atoms with E-state index in [0.29, 0.717) is 5.02 Å². The van der Waals surface area contributed by atoms with Crippen molar-refractivity contribution in [3.8, 4) is 5.75 Å². The maximum Gasteiger partial charge on any atom is 0.267 e. The SMILES string of the molecule is O=C(Nc1cccc(F)c1)[C@@H]1CN(S(=O)(=O)c2ccccc2)c2cc(Cl)ccc2O1. The normalized spacial score (nSPS) is 15.8. The molecular weight excluding hydrogens is 431 g/mol. The van der Waals surface area contributed by atoms with Crippen LogP contribution in [0.1, 0.15) is 0 Å². The highest BCUT2D eigenvalue weighted by molar-refractivity contribution is 7.92. The van der Waals surface area contributed by atoms with Crippen LogP contribution in [0.5, 0.6) is 5.75 Å². The van der Waals surface area contributed by atoms with Crippen LogP contribution in [0, 0.1) is 5.82 Å². The Bertz CT molecular complexity index is 1200. The number of halogens is 2. The molecule has 30 heavy (non-hydrogen) atoms. The second kappa shape index (κ2) is 7.97. The van der Waals surface area contributed by atoms with Crippen molar-refractivity contribution in [3.05, 3.63) is 83.6 Å². The number of sulfonamides is 1. The number of nitrogens with one attached hydrogen (secondary N) is 1. The van der Waals surface area contributed by atoms with E-state index in [1.807, 2.05) is 0 Å². The fourth-order valence-electron chi connectivity index (χ4n) is 3.10. The first-order valence-corrected chi connectivity index (χ1v) is 10.8. The van der Waals surface area contributed by atoms with Gasteiger partial charge in [0.2, 0.25) is 0 Å². The maximum absolute atomic E-state index is 13.4. The van der Waals surface area contributed by atoms with Crippen LogP contribution in [0.4, 0.5) is 15.8 Å². The number of hydrogen-bond donors (Lipinski definition) is 1. The molecule has 3 aromatic rings. The summed E-state index contributed by atoms with van der Waals surface area (Å²) < 4.78 is 46.8. The molecule has 1 heterocycles. The smallest absolute Gasteiger partial charge is 0.267 e. The minimum atomic E-state index is -3.98. The zero-order valence-corrected chi connectivity index (χ0v) is 17.0. The van der Waals surface area contributed by atoms with Crippen LogP contribution in [0.25, 0.3) is 0 Å². The molecule has 0 unspecified atom stereocenters. The molecule has 154 valence electrons. The zero-order valence-electron chi connectivity index (χ0n) is 15.5. The second-order valence-electron chi connectivity index (χ2n) is 6.57. The summed E-state index contributed by atoms with van der Waals surface area (Å²) in [5.41, 5.74) is 0.476. The van der Waals surface area contributed by atoms with E-state index in [4.69, 9.17) is 16.3 Å². The molecule has 1 atom stereocenters. The summed E-state index contributed by atoms with van der Waals surface area (Å²) in [5.74, 6) is -0.912. The molecule has 0 spiro atoms. The van der Waals surface area contributed by atoms with E-state index < -0.39 is 27.9 Å². The lowest BCUT2D eigenvalue weighted by atomic mass is 10.2. The maximum atomic E-state index is 13.4. The molecule has 0 aromatic heterocycles. The van der Waals surface area contributed by atoms with Gasteiger partial charge in [-0.2, -0.15) is 0 Å². The molecule has 0 saturated carbocycles. The Morgan fingerprint density at radius 1 is 1.07 bits per heavy atom. The molecule has 0 saturated heterocycles. The largest absolute Gasteiger partial charge is 0.476 e. The highest BCUT2D eigenvalue weighted by atomic mass is 35.5. The first-order chi connectivity index (χ1) is 14.3. The Morgan fingerprint density at radius 3 is 2.57 bits per heavy atom. The van der Waals surface area contributed by atoms with Crippen molar-refractivity contribution in [1.29, 1.82) is 0 Å². The van der Waals surface area contributed by atoms with Crippen molar-refractivity contribution < 1.29 is 22.3 Å². The van der Waals surface area contributed by atoms with Crippen LogP contribution < -0.4 is 14.4 Å². The number of carbonyl (C=O) groups excluding carboxylic acids is 1. The Morgan fingerprint density at radius 2 is 1.83 bits per heavy atom. The molecular formula is C21H16ClFN2O4S. The molecule has 0 bridgehead atoms. The number of anilines is 2. The van der Waals surface area contributed by atoms with Crippen LogP contribution in [0.2, 0.25) is 5.02 Å². The highest BCUT2D eigenvalue weighted by Gasteiger charge is 2.37. The number of hydrogen-bond acceptors (Lipinski definition) is 4. The van der Waals surface area contributed by atoms with Crippen LogP contribution in [-0.2, 0) is 14.8 Å². The Labute approximate surface area is 177 Å². The molecule has 1 N–H and O–H groups in total. The van der Waals surface area contributed by atoms with Gasteiger partial charge in [0.15, 0.2) is 6.10 Å². The van der Waals surface area contributed by atoms with Gasteiger partial charge < -0.3 is 10.1 Å². The summed E-state index contributed by atoms with van der Waals surface area (Å²) in [4.78, 5) is 12.8. The van der Waals surface area contributed by atoms with E-state index in [-0.39, 0.29) is 28.6 Å². The highest BCUT2D eigenvalue weighted by Crippen LogP contribution is 2.39. The summed E-state index contributed by atoms with van der Waals surface area (Å²) in [6.45, 7) is -0.272. The van der Waals surface area contributed by atoms with E-state index in [1.54, 1.807) is 24.3 Å². The van der Waals surface area contributed by atoms with Gasteiger partial charge in [-0.25, -0.2) is 12.8 Å². The third kappa shape index (κ3) is 3.96. The lowest BCUT2D eigenvalue weighted by molar-refractivity contribution is -0.122. The summed E-state index contributed by atoms with van der Waals surface area (Å²) in [6, 6.07) is 17.8. The number of nitrogens with zero attached hydrogens (tertiary/aromatic N) is 1. The topological polar surface area (TPSA) is 75.7 Å². The average molecular weight is 447 g/mol. The van der Waals surface area contributed by atoms with Crippen LogP contribution in [0.3, 0.4) is 0 Å². The first kappa shape index (κ1) is 20.2. The Balaban J connectivity index is 1.70. The molecule has 1 aliphatic heterocycles. The van der Waals surface area contributed by atoms with Crippen LogP contribution in [-0.4, -0.2) is 27.0 Å². The van der Waals surface area contributed by atoms with Crippen molar-refractivity contribution >= 4 is 38.9 Å².